The lowest BCUT2D eigenvalue weighted by atomic mass is 9.45. The van der Waals surface area contributed by atoms with Gasteiger partial charge in [0.15, 0.2) is 43.6 Å². The smallest absolute Gasteiger partial charge is 0.275 e. The molecule has 13 heterocycles. The fraction of sp³-hybridized carbons (Fsp3) is 0.457. The first-order valence-electron chi connectivity index (χ1n) is 42.9. The predicted molar refractivity (Wildman–Crippen MR) is 506 cm³/mol. The first-order chi connectivity index (χ1) is 59.6. The molecule has 6 unspecified atom stereocenters. The molecule has 0 spiro atoms. The second-order valence-corrected chi connectivity index (χ2v) is 44.9. The summed E-state index contributed by atoms with van der Waals surface area (Å²) in [6, 6.07) is 24.1. The van der Waals surface area contributed by atoms with Crippen LogP contribution in [0.3, 0.4) is 0 Å². The summed E-state index contributed by atoms with van der Waals surface area (Å²) in [5, 5.41) is 31.2. The number of hydrogen-bond acceptors (Lipinski definition) is 17. The first-order valence-corrected chi connectivity index (χ1v) is 50.1. The highest BCUT2D eigenvalue weighted by molar-refractivity contribution is 9.11. The van der Waals surface area contributed by atoms with Gasteiger partial charge in [-0.3, -0.25) is 33.7 Å². The van der Waals surface area contributed by atoms with E-state index < -0.39 is 0 Å². The molecule has 2 N–H and O–H groups in total. The first kappa shape index (κ1) is 88.3. The molecule has 4 bridgehead atoms. The fourth-order valence-corrected chi connectivity index (χ4v) is 26.7. The number of halogens is 9. The van der Waals surface area contributed by atoms with E-state index >= 15 is 0 Å². The summed E-state index contributed by atoms with van der Waals surface area (Å²) in [6.07, 6.45) is 18.3. The number of hydrogen-bond donors (Lipinski definition) is 2. The molecule has 3 aromatic carbocycles. The largest absolute Gasteiger partial charge is 0.478 e. The number of fused-ring (bicyclic) bond motifs is 16. The van der Waals surface area contributed by atoms with E-state index in [-0.39, 0.29) is 23.4 Å². The van der Waals surface area contributed by atoms with Gasteiger partial charge >= 0.3 is 0 Å². The van der Waals surface area contributed by atoms with Gasteiger partial charge in [0.1, 0.15) is 30.1 Å². The molecule has 4 aliphatic heterocycles. The standard InChI is InChI=1S/C26H27Cl2N3O2S.C24H32ClN3O2S.C21H18BrCl2N3O2S.C21H18Cl3N3OS/c1-13-8-17-23-18(12-33-25(17)34-13)22(30-31(23)21-7-6-16(27)10-20(21)28)24(32)29-11-14-4-5-15-9-19(14)26(15,2)3;1-14-11-17-20-21(30-23(17)31-14)19(27-28(20)10-6-4-5-9-25)22(29)26-13-15-7-8-16-12-18(15)24(16,2)3;22-18-9-13-20-14(11-29-21(13)30-18)19(17(28)10-26-6-2-1-3-7-26)25-27(20)16-5-4-12(23)8-15(16)24;22-13-4-5-16(15(23)10-13)27-20-14(8-12-9-18(24)29-21(12)20)19(25-27)17(28)11-26-6-2-1-3-7-26/h6-8,10,14-15,19H,4-5,9,11-12H2,1-3H3,(H,29,32);11,15-16,18H,4-10,12-13H2,1-3H3,(H,26,29);4-5,8-9H,1-3,6-7,10-11H2;4-5,9-10H,1-3,6-8,11H2. The number of nitrogens with zero attached hydrogens (tertiary/aromatic N) is 10. The van der Waals surface area contributed by atoms with Crippen molar-refractivity contribution in [2.45, 2.75) is 164 Å². The minimum atomic E-state index is -0.154. The Labute approximate surface area is 785 Å². The number of furan rings is 1. The third-order valence-electron chi connectivity index (χ3n) is 27.2. The molecular formula is C92H95BrCl8N12O7S4. The molecule has 0 radical (unpaired) electrons. The minimum absolute atomic E-state index is 0.0123. The molecule has 8 fully saturated rings. The van der Waals surface area contributed by atoms with Crippen molar-refractivity contribution in [3.05, 3.63) is 172 Å². The van der Waals surface area contributed by atoms with Gasteiger partial charge in [0.25, 0.3) is 11.8 Å². The topological polar surface area (TPSA) is 202 Å². The van der Waals surface area contributed by atoms with Crippen LogP contribution in [0.15, 0.2) is 87.1 Å². The molecule has 6 saturated carbocycles. The van der Waals surface area contributed by atoms with Crippen molar-refractivity contribution in [1.82, 2.24) is 59.6 Å². The highest BCUT2D eigenvalue weighted by Gasteiger charge is 2.55. The zero-order valence-electron chi connectivity index (χ0n) is 69.6. The van der Waals surface area contributed by atoms with E-state index in [0.29, 0.717) is 149 Å². The Kier molecular flexibility index (Phi) is 26.1. The van der Waals surface area contributed by atoms with E-state index in [9.17, 15) is 19.2 Å². The zero-order valence-corrected chi connectivity index (χ0v) is 80.5. The zero-order chi connectivity index (χ0) is 86.5. The van der Waals surface area contributed by atoms with Crippen LogP contribution in [0.5, 0.6) is 10.1 Å². The normalized spacial score (nSPS) is 20.4. The second kappa shape index (κ2) is 36.6. The molecule has 9 aromatic heterocycles. The van der Waals surface area contributed by atoms with Crippen LogP contribution in [0.25, 0.3) is 71.5 Å². The van der Waals surface area contributed by atoms with Gasteiger partial charge in [-0.15, -0.1) is 45.6 Å². The van der Waals surface area contributed by atoms with Crippen molar-refractivity contribution in [1.29, 1.82) is 0 Å². The summed E-state index contributed by atoms with van der Waals surface area (Å²) < 4.78 is 27.1. The molecule has 124 heavy (non-hydrogen) atoms. The van der Waals surface area contributed by atoms with Crippen molar-refractivity contribution in [3.63, 3.8) is 0 Å². The maximum atomic E-state index is 13.4. The molecule has 652 valence electrons. The van der Waals surface area contributed by atoms with E-state index in [1.165, 1.54) is 78.9 Å². The van der Waals surface area contributed by atoms with Gasteiger partial charge in [-0.1, -0.05) is 140 Å². The lowest BCUT2D eigenvalue weighted by Crippen LogP contribution is -2.54. The highest BCUT2D eigenvalue weighted by atomic mass is 79.9. The number of amides is 2. The van der Waals surface area contributed by atoms with Gasteiger partial charge in [-0.25, -0.2) is 14.0 Å². The number of rotatable bonds is 20. The lowest BCUT2D eigenvalue weighted by Gasteiger charge is -2.60. The van der Waals surface area contributed by atoms with Crippen molar-refractivity contribution < 1.29 is 33.1 Å². The number of ether oxygens (including phenoxy) is 2. The molecule has 2 saturated heterocycles. The van der Waals surface area contributed by atoms with Gasteiger partial charge < -0.3 is 24.5 Å². The number of likely N-dealkylation sites (tertiary alicyclic amines) is 2. The molecule has 23 rings (SSSR count). The van der Waals surface area contributed by atoms with Crippen molar-refractivity contribution >= 4 is 199 Å². The minimum Gasteiger partial charge on any atom is -0.478 e. The quantitative estimate of drug-likeness (QED) is 0.0415. The number of thiophene rings is 4. The summed E-state index contributed by atoms with van der Waals surface area (Å²) in [7, 11) is 0. The van der Waals surface area contributed by atoms with Gasteiger partial charge in [-0.05, 0) is 264 Å². The summed E-state index contributed by atoms with van der Waals surface area (Å²) in [4.78, 5) is 61.8. The maximum Gasteiger partial charge on any atom is 0.275 e. The van der Waals surface area contributed by atoms with Crippen LogP contribution >= 0.6 is 154 Å². The van der Waals surface area contributed by atoms with Crippen LogP contribution in [0.4, 0.5) is 0 Å². The Balaban J connectivity index is 0.000000113. The van der Waals surface area contributed by atoms with E-state index in [2.05, 4.69) is 83.1 Å². The van der Waals surface area contributed by atoms with Crippen molar-refractivity contribution in [2.24, 2.45) is 46.3 Å². The number of benzene rings is 3. The van der Waals surface area contributed by atoms with Crippen LogP contribution in [-0.2, 0) is 26.2 Å². The van der Waals surface area contributed by atoms with E-state index in [1.54, 1.807) is 73.1 Å². The Morgan fingerprint density at radius 3 is 1.55 bits per heavy atom. The molecule has 12 aromatic rings. The third kappa shape index (κ3) is 17.3. The van der Waals surface area contributed by atoms with E-state index in [0.717, 1.165) is 196 Å². The van der Waals surface area contributed by atoms with E-state index in [4.69, 9.17) is 127 Å². The Morgan fingerprint density at radius 1 is 0.532 bits per heavy atom. The average Bonchev–Trinajstić information content (AvgIpc) is 1.66. The Morgan fingerprint density at radius 2 is 1.02 bits per heavy atom. The summed E-state index contributed by atoms with van der Waals surface area (Å²) >= 11 is 59.8. The number of Topliss-reactive ketones (excluding diaryl/α,β-unsaturated/α-hetero) is 2. The molecular weight excluding hydrogens is 1880 g/mol. The number of aryl methyl sites for hydroxylation is 3. The average molecular weight is 1970 g/mol. The Bertz CT molecular complexity index is 6130. The SMILES string of the molecule is Cc1cc2c(oc3c(C(=O)NCC4CCC5CC4C5(C)C)nn(CCCCCCl)c32)s1.Cc1cc2c(s1)OCc1c(C(=O)NCC3CCC4CC3C4(C)C)nn(-c3ccc(Cl)cc3Cl)c1-2.O=C(CN1CCCCC1)c1nn(-c2ccc(Cl)cc2Cl)c2c1COc1sc(Br)cc1-2.O=C(CN1CCCCC1)c1nn(-c2ccc(Cl)cc2Cl)c2c1Cc1cc(Cl)sc1-2. The van der Waals surface area contributed by atoms with Gasteiger partial charge in [-0.2, -0.15) is 20.4 Å². The molecule has 11 aliphatic rings. The summed E-state index contributed by atoms with van der Waals surface area (Å²) in [5.41, 5.74) is 14.5. The Hall–Kier alpha value is -6.30. The fourth-order valence-electron chi connectivity index (χ4n) is 20.6. The highest BCUT2D eigenvalue weighted by Crippen LogP contribution is 2.63. The van der Waals surface area contributed by atoms with Crippen LogP contribution in [0.1, 0.15) is 198 Å². The monoisotopic (exact) mass is 1970 g/mol. The van der Waals surface area contributed by atoms with Crippen LogP contribution in [-0.4, -0.2) is 131 Å². The molecule has 19 nitrogen and oxygen atoms in total. The van der Waals surface area contributed by atoms with Gasteiger partial charge in [0.05, 0.1) is 91.8 Å². The molecule has 7 aliphatic carbocycles. The number of alkyl halides is 1. The number of carbonyl (C=O) groups excluding carboxylic acids is 4. The number of ketones is 2. The number of aromatic nitrogens is 8. The third-order valence-corrected chi connectivity index (χ3v) is 33.9. The second-order valence-electron chi connectivity index (χ2n) is 35.5. The number of carbonyl (C=O) groups is 4. The molecule has 32 heteroatoms. The van der Waals surface area contributed by atoms with E-state index in [1.807, 2.05) is 41.9 Å². The van der Waals surface area contributed by atoms with Crippen molar-refractivity contribution in [3.8, 4) is 60.3 Å². The van der Waals surface area contributed by atoms with Crippen LogP contribution < -0.4 is 20.1 Å². The molecule has 2 amide bonds. The summed E-state index contributed by atoms with van der Waals surface area (Å²) in [5.74, 6) is 4.71. The predicted octanol–water partition coefficient (Wildman–Crippen LogP) is 25.6. The van der Waals surface area contributed by atoms with Gasteiger partial charge in [0, 0.05) is 73.4 Å². The lowest BCUT2D eigenvalue weighted by molar-refractivity contribution is -0.103. The molecule has 6 atom stereocenters. The van der Waals surface area contributed by atoms with Crippen LogP contribution in [0, 0.1) is 60.2 Å². The number of nitrogens with one attached hydrogen (secondary N) is 2. The number of piperidine rings is 2. The maximum absolute atomic E-state index is 13.4. The van der Waals surface area contributed by atoms with Crippen LogP contribution in [0.2, 0.25) is 34.5 Å². The van der Waals surface area contributed by atoms with Crippen molar-refractivity contribution in [2.75, 3.05) is 58.2 Å². The summed E-state index contributed by atoms with van der Waals surface area (Å²) in [6.45, 7) is 21.1. The van der Waals surface area contributed by atoms with Gasteiger partial charge in [0.2, 0.25) is 0 Å². The number of unbranched alkanes of at least 4 members (excludes halogenated alkanes) is 2.